The minimum absolute atomic E-state index is 0.0324. The highest BCUT2D eigenvalue weighted by molar-refractivity contribution is 9.10. The molecule has 2 aromatic rings. The number of oxazole rings is 1. The van der Waals surface area contributed by atoms with E-state index < -0.39 is 11.6 Å². The Bertz CT molecular complexity index is 530. The van der Waals surface area contributed by atoms with Crippen molar-refractivity contribution in [2.45, 2.75) is 6.92 Å². The lowest BCUT2D eigenvalue weighted by Gasteiger charge is -1.98. The molecule has 0 fully saturated rings. The molecule has 5 heteroatoms. The van der Waals surface area contributed by atoms with Crippen molar-refractivity contribution in [1.29, 1.82) is 0 Å². The minimum atomic E-state index is -0.485. The number of rotatable bonds is 2. The average molecular weight is 284 g/mol. The molecule has 0 aliphatic heterocycles. The summed E-state index contributed by atoms with van der Waals surface area (Å²) in [6.07, 6.45) is 1.45. The van der Waals surface area contributed by atoms with Crippen molar-refractivity contribution in [3.05, 3.63) is 51.9 Å². The number of carbonyl (C=O) groups is 1. The number of hydrogen-bond acceptors (Lipinski definition) is 3. The van der Waals surface area contributed by atoms with Gasteiger partial charge in [-0.05, 0) is 25.1 Å². The Morgan fingerprint density at radius 2 is 2.19 bits per heavy atom. The fraction of sp³-hybridized carbons (Fsp3) is 0.0909. The number of nitrogens with zero attached hydrogens (tertiary/aromatic N) is 1. The molecule has 0 atom stereocenters. The lowest BCUT2D eigenvalue weighted by atomic mass is 10.1. The Hall–Kier alpha value is -1.49. The van der Waals surface area contributed by atoms with Gasteiger partial charge in [0.2, 0.25) is 5.78 Å². The van der Waals surface area contributed by atoms with Crippen molar-refractivity contribution in [2.75, 3.05) is 0 Å². The van der Waals surface area contributed by atoms with Gasteiger partial charge in [-0.2, -0.15) is 0 Å². The Morgan fingerprint density at radius 1 is 1.44 bits per heavy atom. The number of carbonyl (C=O) groups excluding carboxylic acids is 1. The molecule has 0 bridgehead atoms. The fourth-order valence-electron chi connectivity index (χ4n) is 1.27. The van der Waals surface area contributed by atoms with Crippen molar-refractivity contribution < 1.29 is 13.6 Å². The summed E-state index contributed by atoms with van der Waals surface area (Å²) in [7, 11) is 0. The summed E-state index contributed by atoms with van der Waals surface area (Å²) in [6.45, 7) is 1.69. The van der Waals surface area contributed by atoms with Crippen molar-refractivity contribution in [2.24, 2.45) is 0 Å². The molecule has 0 amide bonds. The van der Waals surface area contributed by atoms with Crippen LogP contribution in [-0.2, 0) is 0 Å². The van der Waals surface area contributed by atoms with Crippen molar-refractivity contribution in [1.82, 2.24) is 4.98 Å². The van der Waals surface area contributed by atoms with Crippen LogP contribution in [0, 0.1) is 12.7 Å². The van der Waals surface area contributed by atoms with E-state index in [1.54, 1.807) is 6.92 Å². The zero-order chi connectivity index (χ0) is 11.7. The SMILES string of the molecule is Cc1cnc(C(=O)c2cc(F)cc(Br)c2)o1. The molecule has 0 aliphatic carbocycles. The molecule has 0 N–H and O–H groups in total. The lowest BCUT2D eigenvalue weighted by Crippen LogP contribution is -2.02. The summed E-state index contributed by atoms with van der Waals surface area (Å²) < 4.78 is 18.7. The van der Waals surface area contributed by atoms with Gasteiger partial charge in [0.05, 0.1) is 6.20 Å². The Balaban J connectivity index is 2.41. The van der Waals surface area contributed by atoms with Crippen LogP contribution in [-0.4, -0.2) is 10.8 Å². The van der Waals surface area contributed by atoms with Crippen LogP contribution in [0.5, 0.6) is 0 Å². The summed E-state index contributed by atoms with van der Waals surface area (Å²) in [5, 5.41) is 0. The van der Waals surface area contributed by atoms with Gasteiger partial charge in [0.15, 0.2) is 0 Å². The van der Waals surface area contributed by atoms with E-state index >= 15 is 0 Å². The van der Waals surface area contributed by atoms with Gasteiger partial charge in [-0.25, -0.2) is 9.37 Å². The first-order valence-corrected chi connectivity index (χ1v) is 5.29. The molecule has 1 aromatic carbocycles. The van der Waals surface area contributed by atoms with E-state index in [0.717, 1.165) is 6.07 Å². The molecule has 0 saturated carbocycles. The molecule has 0 saturated heterocycles. The molecule has 16 heavy (non-hydrogen) atoms. The maximum Gasteiger partial charge on any atom is 0.268 e. The third-order valence-electron chi connectivity index (χ3n) is 1.94. The summed E-state index contributed by atoms with van der Waals surface area (Å²) in [6, 6.07) is 3.94. The van der Waals surface area contributed by atoms with Crippen molar-refractivity contribution in [3.8, 4) is 0 Å². The number of hydrogen-bond donors (Lipinski definition) is 0. The van der Waals surface area contributed by atoms with Crippen LogP contribution < -0.4 is 0 Å². The van der Waals surface area contributed by atoms with Crippen molar-refractivity contribution in [3.63, 3.8) is 0 Å². The number of halogens is 2. The van der Waals surface area contributed by atoms with Gasteiger partial charge in [0.1, 0.15) is 11.6 Å². The van der Waals surface area contributed by atoms with Crippen LogP contribution in [0.2, 0.25) is 0 Å². The van der Waals surface area contributed by atoms with E-state index in [1.165, 1.54) is 18.3 Å². The van der Waals surface area contributed by atoms with Gasteiger partial charge in [-0.1, -0.05) is 15.9 Å². The van der Waals surface area contributed by atoms with Gasteiger partial charge in [0, 0.05) is 10.0 Å². The average Bonchev–Trinajstić information content (AvgIpc) is 2.62. The number of aromatic nitrogens is 1. The van der Waals surface area contributed by atoms with Crippen LogP contribution in [0.3, 0.4) is 0 Å². The smallest absolute Gasteiger partial charge is 0.268 e. The van der Waals surface area contributed by atoms with Crippen LogP contribution >= 0.6 is 15.9 Å². The van der Waals surface area contributed by atoms with Crippen molar-refractivity contribution >= 4 is 21.7 Å². The third kappa shape index (κ3) is 2.19. The Morgan fingerprint density at radius 3 is 2.75 bits per heavy atom. The predicted molar refractivity (Wildman–Crippen MR) is 58.8 cm³/mol. The first-order valence-electron chi connectivity index (χ1n) is 4.49. The second-order valence-corrected chi connectivity index (χ2v) is 4.18. The fourth-order valence-corrected chi connectivity index (χ4v) is 1.73. The maximum absolute atomic E-state index is 13.1. The molecule has 2 rings (SSSR count). The van der Waals surface area contributed by atoms with Gasteiger partial charge in [-0.15, -0.1) is 0 Å². The monoisotopic (exact) mass is 283 g/mol. The molecule has 82 valence electrons. The first-order chi connectivity index (χ1) is 7.56. The zero-order valence-electron chi connectivity index (χ0n) is 8.33. The van der Waals surface area contributed by atoms with Gasteiger partial charge in [0.25, 0.3) is 5.89 Å². The molecule has 0 unspecified atom stereocenters. The van der Waals surface area contributed by atoms with Gasteiger partial charge >= 0.3 is 0 Å². The second kappa shape index (κ2) is 4.17. The number of ketones is 1. The molecule has 1 aromatic heterocycles. The zero-order valence-corrected chi connectivity index (χ0v) is 9.92. The quantitative estimate of drug-likeness (QED) is 0.796. The van der Waals surface area contributed by atoms with E-state index in [2.05, 4.69) is 20.9 Å². The largest absolute Gasteiger partial charge is 0.439 e. The van der Waals surface area contributed by atoms with E-state index in [4.69, 9.17) is 4.42 Å². The van der Waals surface area contributed by atoms with Crippen LogP contribution in [0.15, 0.2) is 33.3 Å². The molecule has 0 spiro atoms. The first kappa shape index (κ1) is 11.0. The summed E-state index contributed by atoms with van der Waals surface area (Å²) in [4.78, 5) is 15.6. The minimum Gasteiger partial charge on any atom is -0.439 e. The van der Waals surface area contributed by atoms with E-state index in [1.807, 2.05) is 0 Å². The molecule has 1 heterocycles. The summed E-state index contributed by atoms with van der Waals surface area (Å²) in [5.41, 5.74) is 0.203. The third-order valence-corrected chi connectivity index (χ3v) is 2.40. The molecule has 0 aliphatic rings. The highest BCUT2D eigenvalue weighted by Crippen LogP contribution is 2.17. The Labute approximate surface area is 99.4 Å². The van der Waals surface area contributed by atoms with E-state index in [0.29, 0.717) is 10.2 Å². The van der Waals surface area contributed by atoms with E-state index in [-0.39, 0.29) is 11.5 Å². The highest BCUT2D eigenvalue weighted by Gasteiger charge is 2.15. The second-order valence-electron chi connectivity index (χ2n) is 3.26. The van der Waals surface area contributed by atoms with Crippen LogP contribution in [0.1, 0.15) is 22.0 Å². The van der Waals surface area contributed by atoms with Crippen LogP contribution in [0.4, 0.5) is 4.39 Å². The highest BCUT2D eigenvalue weighted by atomic mass is 79.9. The van der Waals surface area contributed by atoms with Gasteiger partial charge in [-0.3, -0.25) is 4.79 Å². The topological polar surface area (TPSA) is 43.1 Å². The standard InChI is InChI=1S/C11H7BrFNO2/c1-6-5-14-11(16-6)10(15)7-2-8(12)4-9(13)3-7/h2-5H,1H3. The van der Waals surface area contributed by atoms with E-state index in [9.17, 15) is 9.18 Å². The normalized spacial score (nSPS) is 10.4. The Kier molecular flexibility index (Phi) is 2.87. The summed E-state index contributed by atoms with van der Waals surface area (Å²) >= 11 is 3.12. The van der Waals surface area contributed by atoms with Crippen LogP contribution in [0.25, 0.3) is 0 Å². The molecular weight excluding hydrogens is 277 g/mol. The summed E-state index contributed by atoms with van der Waals surface area (Å²) in [5.74, 6) is -0.414. The maximum atomic E-state index is 13.1. The van der Waals surface area contributed by atoms with Gasteiger partial charge < -0.3 is 4.42 Å². The lowest BCUT2D eigenvalue weighted by molar-refractivity contribution is 0.100. The number of aryl methyl sites for hydroxylation is 1. The molecule has 3 nitrogen and oxygen atoms in total. The molecular formula is C11H7BrFNO2. The molecule has 0 radical (unpaired) electrons. The number of benzene rings is 1. The predicted octanol–water partition coefficient (Wildman–Crippen LogP) is 3.12.